The van der Waals surface area contributed by atoms with E-state index in [4.69, 9.17) is 27.4 Å². The van der Waals surface area contributed by atoms with Gasteiger partial charge in [-0.2, -0.15) is 0 Å². The molecular weight excluding hydrogens is 466 g/mol. The number of aliphatic imine (C=N–C) groups is 1. The van der Waals surface area contributed by atoms with Gasteiger partial charge in [0.25, 0.3) is 0 Å². The Bertz CT molecular complexity index is 916. The predicted octanol–water partition coefficient (Wildman–Crippen LogP) is -3.63. The topological polar surface area (TPSA) is 281 Å². The lowest BCUT2D eigenvalue weighted by molar-refractivity contribution is -0.143. The number of aromatic amines is 1. The summed E-state index contributed by atoms with van der Waals surface area (Å²) in [7, 11) is 0. The zero-order valence-electron chi connectivity index (χ0n) is 19.1. The number of guanidine groups is 1. The van der Waals surface area contributed by atoms with Gasteiger partial charge in [0.2, 0.25) is 17.7 Å². The summed E-state index contributed by atoms with van der Waals surface area (Å²) in [5.74, 6) is -5.43. The Morgan fingerprint density at radius 2 is 1.69 bits per heavy atom. The quantitative estimate of drug-likeness (QED) is 0.0647. The second-order valence-electron chi connectivity index (χ2n) is 7.63. The van der Waals surface area contributed by atoms with Gasteiger partial charge in [-0.3, -0.25) is 29.0 Å². The van der Waals surface area contributed by atoms with Gasteiger partial charge >= 0.3 is 11.9 Å². The van der Waals surface area contributed by atoms with Crippen molar-refractivity contribution in [3.05, 3.63) is 18.2 Å². The molecule has 0 fully saturated rings. The van der Waals surface area contributed by atoms with Gasteiger partial charge in [0.1, 0.15) is 18.1 Å². The number of H-pyrrole nitrogens is 1. The van der Waals surface area contributed by atoms with E-state index in [0.29, 0.717) is 12.1 Å². The SMILES string of the molecule is CC(NC(=O)C(CC(=O)O)NC(=O)C(Cc1cnc[nH]1)NC(=O)C(N)CCCN=C(N)N)C(=O)O. The van der Waals surface area contributed by atoms with E-state index in [0.717, 1.165) is 0 Å². The highest BCUT2D eigenvalue weighted by atomic mass is 16.4. The maximum Gasteiger partial charge on any atom is 0.325 e. The number of hydrogen-bond donors (Lipinski definition) is 9. The minimum absolute atomic E-state index is 0.0781. The van der Waals surface area contributed by atoms with Crippen LogP contribution < -0.4 is 33.2 Å². The van der Waals surface area contributed by atoms with E-state index in [-0.39, 0.29) is 25.3 Å². The smallest absolute Gasteiger partial charge is 0.325 e. The molecule has 4 unspecified atom stereocenters. The molecule has 3 amide bonds. The van der Waals surface area contributed by atoms with E-state index in [2.05, 4.69) is 30.9 Å². The van der Waals surface area contributed by atoms with Crippen LogP contribution in [-0.4, -0.2) is 86.5 Å². The van der Waals surface area contributed by atoms with Gasteiger partial charge in [-0.1, -0.05) is 0 Å². The van der Waals surface area contributed by atoms with Gasteiger partial charge in [-0.25, -0.2) is 4.98 Å². The normalized spacial score (nSPS) is 14.0. The number of nitrogens with one attached hydrogen (secondary N) is 4. The third kappa shape index (κ3) is 11.0. The van der Waals surface area contributed by atoms with Crippen LogP contribution in [0, 0.1) is 0 Å². The number of nitrogens with zero attached hydrogens (tertiary/aromatic N) is 2. The standard InChI is InChI=1S/C19H31N9O7/c1-9(18(34)35)26-16(32)13(6-14(29)30)28-17(33)12(5-10-7-23-8-25-10)27-15(31)11(20)3-2-4-24-19(21)22/h7-9,11-13H,2-6,20H2,1H3,(H,23,25)(H,26,32)(H,27,31)(H,28,33)(H,29,30)(H,34,35)(H4,21,22,24). The summed E-state index contributed by atoms with van der Waals surface area (Å²) in [4.78, 5) is 70.5. The molecule has 1 aromatic rings. The van der Waals surface area contributed by atoms with Gasteiger partial charge in [-0.05, 0) is 19.8 Å². The number of carboxylic acids is 2. The minimum Gasteiger partial charge on any atom is -0.481 e. The van der Waals surface area contributed by atoms with Gasteiger partial charge in [0.15, 0.2) is 5.96 Å². The van der Waals surface area contributed by atoms with E-state index in [9.17, 15) is 24.0 Å². The Hall–Kier alpha value is -4.21. The Labute approximate surface area is 200 Å². The molecule has 0 aromatic carbocycles. The van der Waals surface area contributed by atoms with Crippen LogP contribution in [0.15, 0.2) is 17.5 Å². The molecule has 4 atom stereocenters. The zero-order chi connectivity index (χ0) is 26.5. The van der Waals surface area contributed by atoms with Crippen LogP contribution in [0.4, 0.5) is 0 Å². The lowest BCUT2D eigenvalue weighted by atomic mass is 10.1. The molecule has 0 aliphatic rings. The molecule has 1 rings (SSSR count). The summed E-state index contributed by atoms with van der Waals surface area (Å²) in [5, 5.41) is 24.9. The Morgan fingerprint density at radius 3 is 2.23 bits per heavy atom. The van der Waals surface area contributed by atoms with Crippen molar-refractivity contribution < 1.29 is 34.2 Å². The number of carboxylic acid groups (broad SMARTS) is 2. The molecule has 35 heavy (non-hydrogen) atoms. The Balaban J connectivity index is 2.94. The van der Waals surface area contributed by atoms with Crippen LogP contribution in [-0.2, 0) is 30.4 Å². The van der Waals surface area contributed by atoms with E-state index in [1.54, 1.807) is 0 Å². The minimum atomic E-state index is -1.60. The molecule has 0 aliphatic heterocycles. The number of carbonyl (C=O) groups excluding carboxylic acids is 3. The number of aliphatic carboxylic acids is 2. The van der Waals surface area contributed by atoms with Crippen LogP contribution in [0.25, 0.3) is 0 Å². The summed E-state index contributed by atoms with van der Waals surface area (Å²) in [6, 6.07) is -5.19. The van der Waals surface area contributed by atoms with E-state index in [1.807, 2.05) is 0 Å². The summed E-state index contributed by atoms with van der Waals surface area (Å²) >= 11 is 0. The first-order chi connectivity index (χ1) is 16.4. The molecule has 0 aliphatic carbocycles. The molecule has 16 nitrogen and oxygen atoms in total. The Morgan fingerprint density at radius 1 is 1.06 bits per heavy atom. The van der Waals surface area contributed by atoms with Gasteiger partial charge in [-0.15, -0.1) is 0 Å². The van der Waals surface area contributed by atoms with Crippen molar-refractivity contribution in [2.24, 2.45) is 22.2 Å². The highest BCUT2D eigenvalue weighted by Crippen LogP contribution is 2.04. The molecule has 194 valence electrons. The third-order valence-corrected chi connectivity index (χ3v) is 4.66. The van der Waals surface area contributed by atoms with E-state index in [1.165, 1.54) is 19.4 Å². The highest BCUT2D eigenvalue weighted by Gasteiger charge is 2.31. The monoisotopic (exact) mass is 497 g/mol. The van der Waals surface area contributed by atoms with Gasteiger partial charge in [0.05, 0.1) is 18.8 Å². The van der Waals surface area contributed by atoms with Crippen molar-refractivity contribution in [3.63, 3.8) is 0 Å². The molecule has 12 N–H and O–H groups in total. The lowest BCUT2D eigenvalue weighted by Crippen LogP contribution is -2.57. The highest BCUT2D eigenvalue weighted by molar-refractivity contribution is 5.95. The third-order valence-electron chi connectivity index (χ3n) is 4.66. The Kier molecular flexibility index (Phi) is 11.6. The van der Waals surface area contributed by atoms with Gasteiger partial charge in [0, 0.05) is 24.9 Å². The fourth-order valence-electron chi connectivity index (χ4n) is 2.79. The van der Waals surface area contributed by atoms with E-state index < -0.39 is 60.2 Å². The maximum atomic E-state index is 12.9. The van der Waals surface area contributed by atoms with Crippen LogP contribution in [0.5, 0.6) is 0 Å². The molecule has 1 heterocycles. The molecule has 0 saturated heterocycles. The first-order valence-electron chi connectivity index (χ1n) is 10.5. The van der Waals surface area contributed by atoms with Crippen molar-refractivity contribution in [1.82, 2.24) is 25.9 Å². The van der Waals surface area contributed by atoms with Crippen LogP contribution in [0.2, 0.25) is 0 Å². The number of rotatable bonds is 15. The number of aromatic nitrogens is 2. The molecule has 16 heteroatoms. The molecule has 0 radical (unpaired) electrons. The van der Waals surface area contributed by atoms with Crippen LogP contribution >= 0.6 is 0 Å². The summed E-state index contributed by atoms with van der Waals surface area (Å²) in [6.07, 6.45) is 2.47. The van der Waals surface area contributed by atoms with Crippen molar-refractivity contribution in [1.29, 1.82) is 0 Å². The second kappa shape index (κ2) is 14.1. The molecule has 0 spiro atoms. The van der Waals surface area contributed by atoms with E-state index >= 15 is 0 Å². The lowest BCUT2D eigenvalue weighted by Gasteiger charge is -2.24. The first-order valence-corrected chi connectivity index (χ1v) is 10.5. The largest absolute Gasteiger partial charge is 0.481 e. The fraction of sp³-hybridized carbons (Fsp3) is 0.526. The average Bonchev–Trinajstić information content (AvgIpc) is 3.28. The fourth-order valence-corrected chi connectivity index (χ4v) is 2.79. The number of hydrogen-bond acceptors (Lipinski definition) is 8. The first kappa shape index (κ1) is 28.8. The molecule has 0 saturated carbocycles. The number of amides is 3. The second-order valence-corrected chi connectivity index (χ2v) is 7.63. The van der Waals surface area contributed by atoms with Crippen LogP contribution in [0.1, 0.15) is 31.9 Å². The van der Waals surface area contributed by atoms with Crippen molar-refractivity contribution >= 4 is 35.6 Å². The molecular formula is C19H31N9O7. The number of carbonyl (C=O) groups is 5. The number of imidazole rings is 1. The summed E-state index contributed by atoms with van der Waals surface area (Å²) in [6.45, 7) is 1.43. The van der Waals surface area contributed by atoms with Crippen molar-refractivity contribution in [2.75, 3.05) is 6.54 Å². The average molecular weight is 498 g/mol. The predicted molar refractivity (Wildman–Crippen MR) is 122 cm³/mol. The zero-order valence-corrected chi connectivity index (χ0v) is 19.1. The maximum absolute atomic E-state index is 12.9. The van der Waals surface area contributed by atoms with Crippen molar-refractivity contribution in [2.45, 2.75) is 56.8 Å². The number of nitrogens with two attached hydrogens (primary N) is 3. The van der Waals surface area contributed by atoms with Crippen molar-refractivity contribution in [3.8, 4) is 0 Å². The molecule has 0 bridgehead atoms. The molecule has 1 aromatic heterocycles. The summed E-state index contributed by atoms with van der Waals surface area (Å²) in [5.41, 5.74) is 16.8. The van der Waals surface area contributed by atoms with Gasteiger partial charge < -0.3 is 48.3 Å². The summed E-state index contributed by atoms with van der Waals surface area (Å²) < 4.78 is 0. The van der Waals surface area contributed by atoms with Crippen LogP contribution in [0.3, 0.4) is 0 Å².